The lowest BCUT2D eigenvalue weighted by Crippen LogP contribution is -2.52. The van der Waals surface area contributed by atoms with Crippen LogP contribution in [0, 0.1) is 5.92 Å². The van der Waals surface area contributed by atoms with Gasteiger partial charge in [0.05, 0.1) is 12.4 Å². The molecule has 0 unspecified atom stereocenters. The van der Waals surface area contributed by atoms with Crippen molar-refractivity contribution in [3.63, 3.8) is 0 Å². The van der Waals surface area contributed by atoms with Gasteiger partial charge in [0.2, 0.25) is 10.0 Å². The maximum absolute atomic E-state index is 11.4. The second-order valence-electron chi connectivity index (χ2n) is 3.17. The van der Waals surface area contributed by atoms with Crippen molar-refractivity contribution in [2.45, 2.75) is 0 Å². The van der Waals surface area contributed by atoms with Crippen LogP contribution < -0.4 is 0 Å². The summed E-state index contributed by atoms with van der Waals surface area (Å²) in [4.78, 5) is 0. The fourth-order valence-electron chi connectivity index (χ4n) is 1.18. The lowest BCUT2D eigenvalue weighted by molar-refractivity contribution is 0.116. The van der Waals surface area contributed by atoms with Crippen molar-refractivity contribution in [1.82, 2.24) is 4.31 Å². The van der Waals surface area contributed by atoms with Crippen LogP contribution in [0.3, 0.4) is 0 Å². The van der Waals surface area contributed by atoms with Crippen LogP contribution in [0.5, 0.6) is 0 Å². The molecule has 1 aliphatic heterocycles. The van der Waals surface area contributed by atoms with E-state index in [1.165, 1.54) is 11.4 Å². The van der Waals surface area contributed by atoms with E-state index >= 15 is 0 Å². The summed E-state index contributed by atoms with van der Waals surface area (Å²) in [5, 5.41) is 8.70. The Morgan fingerprint density at radius 3 is 2.62 bits per heavy atom. The Balaban J connectivity index is 2.36. The van der Waals surface area contributed by atoms with Crippen LogP contribution in [0.15, 0.2) is 0 Å². The van der Waals surface area contributed by atoms with Crippen molar-refractivity contribution in [2.75, 3.05) is 39.2 Å². The second-order valence-corrected chi connectivity index (χ2v) is 5.26. The first-order valence-electron chi connectivity index (χ1n) is 4.17. The topological polar surface area (TPSA) is 66.8 Å². The highest BCUT2D eigenvalue weighted by atomic mass is 32.2. The van der Waals surface area contributed by atoms with Gasteiger partial charge in [-0.3, -0.25) is 0 Å². The van der Waals surface area contributed by atoms with Gasteiger partial charge >= 0.3 is 0 Å². The fourth-order valence-corrected chi connectivity index (χ4v) is 2.69. The van der Waals surface area contributed by atoms with Crippen LogP contribution in [0.4, 0.5) is 0 Å². The summed E-state index contributed by atoms with van der Waals surface area (Å²) in [6.45, 7) is 1.18. The molecule has 0 saturated carbocycles. The summed E-state index contributed by atoms with van der Waals surface area (Å²) in [5.74, 6) is 0.152. The summed E-state index contributed by atoms with van der Waals surface area (Å²) in [6.07, 6.45) is 0. The Labute approximate surface area is 78.4 Å². The number of ether oxygens (including phenoxy) is 1. The van der Waals surface area contributed by atoms with Gasteiger partial charge in [-0.15, -0.1) is 0 Å². The van der Waals surface area contributed by atoms with Crippen LogP contribution in [0.25, 0.3) is 0 Å². The third-order valence-electron chi connectivity index (χ3n) is 2.12. The summed E-state index contributed by atoms with van der Waals surface area (Å²) in [5.41, 5.74) is 0. The SMILES string of the molecule is COCCS(=O)(=O)N1CC(CO)C1. The van der Waals surface area contributed by atoms with Crippen LogP contribution in [-0.2, 0) is 14.8 Å². The van der Waals surface area contributed by atoms with Crippen LogP contribution in [-0.4, -0.2) is 57.0 Å². The number of hydrogen-bond acceptors (Lipinski definition) is 4. The van der Waals surface area contributed by atoms with E-state index in [0.717, 1.165) is 0 Å². The zero-order valence-corrected chi connectivity index (χ0v) is 8.46. The standard InChI is InChI=1S/C7H15NO4S/c1-12-2-3-13(10,11)8-4-7(5-8)6-9/h7,9H,2-6H2,1H3. The molecule has 0 aromatic rings. The maximum atomic E-state index is 11.4. The van der Waals surface area contributed by atoms with Gasteiger partial charge in [0.25, 0.3) is 0 Å². The minimum atomic E-state index is -3.13. The van der Waals surface area contributed by atoms with Gasteiger partial charge in [-0.25, -0.2) is 12.7 Å². The number of rotatable bonds is 5. The van der Waals surface area contributed by atoms with Gasteiger partial charge in [-0.2, -0.15) is 0 Å². The molecule has 78 valence electrons. The van der Waals surface area contributed by atoms with E-state index in [9.17, 15) is 8.42 Å². The monoisotopic (exact) mass is 209 g/mol. The molecule has 1 N–H and O–H groups in total. The zero-order valence-electron chi connectivity index (χ0n) is 7.64. The lowest BCUT2D eigenvalue weighted by Gasteiger charge is -2.36. The number of aliphatic hydroxyl groups excluding tert-OH is 1. The van der Waals surface area contributed by atoms with Crippen LogP contribution >= 0.6 is 0 Å². The first-order valence-corrected chi connectivity index (χ1v) is 5.78. The van der Waals surface area contributed by atoms with Gasteiger partial charge < -0.3 is 9.84 Å². The van der Waals surface area contributed by atoms with Crippen molar-refractivity contribution in [2.24, 2.45) is 5.92 Å². The van der Waals surface area contributed by atoms with E-state index < -0.39 is 10.0 Å². The molecular weight excluding hydrogens is 194 g/mol. The number of hydrogen-bond donors (Lipinski definition) is 1. The molecule has 0 radical (unpaired) electrons. The van der Waals surface area contributed by atoms with E-state index in [2.05, 4.69) is 0 Å². The molecule has 0 spiro atoms. The highest BCUT2D eigenvalue weighted by Crippen LogP contribution is 2.18. The molecule has 0 amide bonds. The van der Waals surface area contributed by atoms with Gasteiger partial charge in [-0.1, -0.05) is 0 Å². The van der Waals surface area contributed by atoms with Crippen molar-refractivity contribution >= 4 is 10.0 Å². The Bertz CT molecular complexity index is 245. The molecule has 1 rings (SSSR count). The summed E-state index contributed by atoms with van der Waals surface area (Å²) < 4.78 is 28.9. The molecule has 0 aliphatic carbocycles. The second kappa shape index (κ2) is 4.36. The van der Waals surface area contributed by atoms with Crippen molar-refractivity contribution in [1.29, 1.82) is 0 Å². The van der Waals surface area contributed by atoms with Gasteiger partial charge in [0.15, 0.2) is 0 Å². The smallest absolute Gasteiger partial charge is 0.216 e. The molecule has 0 bridgehead atoms. The quantitative estimate of drug-likeness (QED) is 0.623. The molecule has 1 saturated heterocycles. The minimum Gasteiger partial charge on any atom is -0.396 e. The van der Waals surface area contributed by atoms with Crippen LogP contribution in [0.2, 0.25) is 0 Å². The third-order valence-corrected chi connectivity index (χ3v) is 3.89. The fraction of sp³-hybridized carbons (Fsp3) is 1.00. The molecule has 0 aromatic carbocycles. The number of nitrogens with zero attached hydrogens (tertiary/aromatic N) is 1. The zero-order chi connectivity index (χ0) is 9.90. The van der Waals surface area contributed by atoms with Crippen molar-refractivity contribution < 1.29 is 18.3 Å². The normalized spacial score (nSPS) is 20.2. The van der Waals surface area contributed by atoms with E-state index in [1.807, 2.05) is 0 Å². The average Bonchev–Trinajstić information content (AvgIpc) is 1.98. The molecule has 1 heterocycles. The van der Waals surface area contributed by atoms with E-state index in [1.54, 1.807) is 0 Å². The van der Waals surface area contributed by atoms with Gasteiger partial charge in [0, 0.05) is 32.7 Å². The molecule has 6 heteroatoms. The first kappa shape index (κ1) is 10.9. The first-order chi connectivity index (χ1) is 6.10. The summed E-state index contributed by atoms with van der Waals surface area (Å²) in [6, 6.07) is 0. The molecule has 0 atom stereocenters. The van der Waals surface area contributed by atoms with E-state index in [4.69, 9.17) is 9.84 Å². The predicted octanol–water partition coefficient (Wildman–Crippen LogP) is -1.11. The molecule has 0 aromatic heterocycles. The van der Waals surface area contributed by atoms with E-state index in [-0.39, 0.29) is 24.9 Å². The lowest BCUT2D eigenvalue weighted by atomic mass is 10.1. The molecular formula is C7H15NO4S. The molecule has 13 heavy (non-hydrogen) atoms. The Kier molecular flexibility index (Phi) is 3.66. The van der Waals surface area contributed by atoms with Gasteiger partial charge in [0.1, 0.15) is 0 Å². The highest BCUT2D eigenvalue weighted by molar-refractivity contribution is 7.89. The van der Waals surface area contributed by atoms with Crippen molar-refractivity contribution in [3.05, 3.63) is 0 Å². The summed E-state index contributed by atoms with van der Waals surface area (Å²) in [7, 11) is -1.66. The third kappa shape index (κ3) is 2.63. The summed E-state index contributed by atoms with van der Waals surface area (Å²) >= 11 is 0. The highest BCUT2D eigenvalue weighted by Gasteiger charge is 2.34. The van der Waals surface area contributed by atoms with Crippen LogP contribution in [0.1, 0.15) is 0 Å². The Morgan fingerprint density at radius 2 is 2.15 bits per heavy atom. The minimum absolute atomic E-state index is 0.0294. The average molecular weight is 209 g/mol. The predicted molar refractivity (Wildman–Crippen MR) is 47.8 cm³/mol. The van der Waals surface area contributed by atoms with Crippen molar-refractivity contribution in [3.8, 4) is 0 Å². The molecule has 1 aliphatic rings. The number of methoxy groups -OCH3 is 1. The number of sulfonamides is 1. The molecule has 1 fully saturated rings. The Hall–Kier alpha value is -0.170. The largest absolute Gasteiger partial charge is 0.396 e. The number of aliphatic hydroxyl groups is 1. The molecule has 5 nitrogen and oxygen atoms in total. The van der Waals surface area contributed by atoms with Gasteiger partial charge in [-0.05, 0) is 0 Å². The Morgan fingerprint density at radius 1 is 1.54 bits per heavy atom. The maximum Gasteiger partial charge on any atom is 0.216 e. The van der Waals surface area contributed by atoms with E-state index in [0.29, 0.717) is 13.1 Å².